The zero-order chi connectivity index (χ0) is 37.5. The third kappa shape index (κ3) is 7.11. The van der Waals surface area contributed by atoms with Crippen molar-refractivity contribution >= 4 is 40.2 Å². The SMILES string of the molecule is O=C1CC[C@@H](N2Cc3cc(N4CCN(CC5CCN(c6ccc(C7=C(c8ccncc8)CCCc8cc(O)ccc87)cc6)CC5)CC4)ccc3C2=O)C(=O)N1. The van der Waals surface area contributed by atoms with Crippen molar-refractivity contribution in [1.82, 2.24) is 20.1 Å². The van der Waals surface area contributed by atoms with Crippen molar-refractivity contribution in [3.05, 3.63) is 119 Å². The molecule has 0 spiro atoms. The third-order valence-corrected chi connectivity index (χ3v) is 12.5. The van der Waals surface area contributed by atoms with Crippen LogP contribution in [0.25, 0.3) is 11.1 Å². The number of phenolic OH excluding ortho intramolecular Hbond substituents is 1. The Labute approximate surface area is 322 Å². The summed E-state index contributed by atoms with van der Waals surface area (Å²) in [5.41, 5.74) is 11.4. The minimum atomic E-state index is -0.589. The first-order valence-electron chi connectivity index (χ1n) is 19.9. The summed E-state index contributed by atoms with van der Waals surface area (Å²) in [7, 11) is 0. The van der Waals surface area contributed by atoms with Crippen molar-refractivity contribution in [3.8, 4) is 5.75 Å². The van der Waals surface area contributed by atoms with Crippen LogP contribution in [-0.4, -0.2) is 89.5 Å². The van der Waals surface area contributed by atoms with E-state index in [4.69, 9.17) is 0 Å². The second kappa shape index (κ2) is 15.0. The van der Waals surface area contributed by atoms with Crippen molar-refractivity contribution in [2.45, 2.75) is 57.5 Å². The van der Waals surface area contributed by atoms with E-state index in [0.29, 0.717) is 30.2 Å². The quantitative estimate of drug-likeness (QED) is 0.227. The van der Waals surface area contributed by atoms with Gasteiger partial charge >= 0.3 is 0 Å². The van der Waals surface area contributed by atoms with Crippen LogP contribution in [0.5, 0.6) is 5.75 Å². The second-order valence-electron chi connectivity index (χ2n) is 15.8. The minimum Gasteiger partial charge on any atom is -0.508 e. The number of aromatic nitrogens is 1. The number of aromatic hydroxyl groups is 1. The summed E-state index contributed by atoms with van der Waals surface area (Å²) < 4.78 is 0. The highest BCUT2D eigenvalue weighted by Crippen LogP contribution is 2.41. The number of benzene rings is 3. The highest BCUT2D eigenvalue weighted by molar-refractivity contribution is 6.05. The van der Waals surface area contributed by atoms with Crippen LogP contribution >= 0.6 is 0 Å². The van der Waals surface area contributed by atoms with Crippen LogP contribution in [0.15, 0.2) is 85.2 Å². The second-order valence-corrected chi connectivity index (χ2v) is 15.8. The summed E-state index contributed by atoms with van der Waals surface area (Å²) in [6.45, 7) is 7.56. The predicted molar refractivity (Wildman–Crippen MR) is 214 cm³/mol. The fourth-order valence-corrected chi connectivity index (χ4v) is 9.47. The number of piperazine rings is 1. The lowest BCUT2D eigenvalue weighted by atomic mass is 9.88. The molecule has 3 fully saturated rings. The van der Waals surface area contributed by atoms with Gasteiger partial charge in [-0.3, -0.25) is 29.6 Å². The highest BCUT2D eigenvalue weighted by atomic mass is 16.3. The molecular weight excluding hydrogens is 689 g/mol. The topological polar surface area (TPSA) is 109 Å². The largest absolute Gasteiger partial charge is 0.508 e. The first kappa shape index (κ1) is 35.2. The Bertz CT molecular complexity index is 2130. The lowest BCUT2D eigenvalue weighted by Gasteiger charge is -2.40. The number of hydrogen-bond acceptors (Lipinski definition) is 8. The first-order valence-corrected chi connectivity index (χ1v) is 19.9. The standard InChI is InChI=1S/C45H48N6O4/c52-37-9-11-39-33(27-37)2-1-3-38(31-14-18-46-19-15-31)43(39)32-4-6-35(7-5-32)49-20-16-30(17-21-49)28-48-22-24-50(25-23-48)36-8-10-40-34(26-36)29-51(45(40)55)41-12-13-42(53)47-44(41)54/h4-11,14-15,18-19,26-27,30,41,52H,1-3,12-13,16-17,20-25,28-29H2,(H,47,53,54)/t41-/m1/s1. The van der Waals surface area contributed by atoms with E-state index in [-0.39, 0.29) is 24.1 Å². The van der Waals surface area contributed by atoms with Crippen molar-refractivity contribution in [1.29, 1.82) is 0 Å². The van der Waals surface area contributed by atoms with Gasteiger partial charge in [0.2, 0.25) is 11.8 Å². The van der Waals surface area contributed by atoms with E-state index >= 15 is 0 Å². The number of phenols is 1. The Hall–Kier alpha value is -5.48. The first-order chi connectivity index (χ1) is 26.9. The third-order valence-electron chi connectivity index (χ3n) is 12.5. The van der Waals surface area contributed by atoms with Gasteiger partial charge in [0.15, 0.2) is 0 Å². The van der Waals surface area contributed by atoms with Crippen molar-refractivity contribution in [2.24, 2.45) is 5.92 Å². The number of nitrogens with one attached hydrogen (secondary N) is 1. The molecule has 10 nitrogen and oxygen atoms in total. The Kier molecular flexibility index (Phi) is 9.60. The van der Waals surface area contributed by atoms with E-state index in [1.807, 2.05) is 36.7 Å². The molecule has 3 aromatic carbocycles. The van der Waals surface area contributed by atoms with Gasteiger partial charge in [-0.15, -0.1) is 0 Å². The monoisotopic (exact) mass is 736 g/mol. The summed E-state index contributed by atoms with van der Waals surface area (Å²) in [5.74, 6) is 0.236. The molecule has 0 saturated carbocycles. The number of amides is 3. The maximum absolute atomic E-state index is 13.2. The predicted octanol–water partition coefficient (Wildman–Crippen LogP) is 5.88. The Morgan fingerprint density at radius 1 is 0.691 bits per heavy atom. The van der Waals surface area contributed by atoms with Gasteiger partial charge in [-0.1, -0.05) is 18.2 Å². The average Bonchev–Trinajstić information content (AvgIpc) is 3.41. The van der Waals surface area contributed by atoms with Gasteiger partial charge in [0, 0.05) is 88.1 Å². The molecule has 1 aromatic heterocycles. The number of piperidine rings is 2. The lowest BCUT2D eigenvalue weighted by Crippen LogP contribution is -2.52. The molecule has 3 amide bonds. The average molecular weight is 737 g/mol. The van der Waals surface area contributed by atoms with Crippen molar-refractivity contribution < 1.29 is 19.5 Å². The van der Waals surface area contributed by atoms with E-state index in [2.05, 4.69) is 73.5 Å². The molecule has 1 aliphatic carbocycles. The number of hydrogen-bond donors (Lipinski definition) is 2. The fraction of sp³-hybridized carbons (Fsp3) is 0.378. The molecule has 282 valence electrons. The molecule has 4 aliphatic heterocycles. The minimum absolute atomic E-state index is 0.124. The number of nitrogens with zero attached hydrogens (tertiary/aromatic N) is 5. The molecule has 3 saturated heterocycles. The molecular formula is C45H48N6O4. The van der Waals surface area contributed by atoms with Gasteiger partial charge in [0.25, 0.3) is 5.91 Å². The van der Waals surface area contributed by atoms with Crippen LogP contribution < -0.4 is 15.1 Å². The van der Waals surface area contributed by atoms with Gasteiger partial charge in [-0.05, 0) is 138 Å². The number of rotatable bonds is 7. The summed E-state index contributed by atoms with van der Waals surface area (Å²) in [5, 5.41) is 12.7. The highest BCUT2D eigenvalue weighted by Gasteiger charge is 2.39. The molecule has 0 bridgehead atoms. The number of carbonyl (C=O) groups is 3. The lowest BCUT2D eigenvalue weighted by molar-refractivity contribution is -0.136. The molecule has 55 heavy (non-hydrogen) atoms. The molecule has 5 heterocycles. The van der Waals surface area contributed by atoms with Gasteiger partial charge in [0.05, 0.1) is 0 Å². The number of imide groups is 1. The molecule has 10 heteroatoms. The van der Waals surface area contributed by atoms with E-state index in [0.717, 1.165) is 76.3 Å². The van der Waals surface area contributed by atoms with Gasteiger partial charge in [-0.25, -0.2) is 0 Å². The number of pyridine rings is 1. The van der Waals surface area contributed by atoms with Crippen LogP contribution in [0.4, 0.5) is 11.4 Å². The van der Waals surface area contributed by atoms with Crippen molar-refractivity contribution in [2.75, 3.05) is 55.6 Å². The molecule has 4 aromatic rings. The van der Waals surface area contributed by atoms with E-state index < -0.39 is 6.04 Å². The van der Waals surface area contributed by atoms with Crippen LogP contribution in [0.3, 0.4) is 0 Å². The van der Waals surface area contributed by atoms with Gasteiger partial charge in [0.1, 0.15) is 11.8 Å². The molecule has 5 aliphatic rings. The molecule has 0 radical (unpaired) electrons. The Morgan fingerprint density at radius 3 is 2.18 bits per heavy atom. The maximum Gasteiger partial charge on any atom is 0.255 e. The number of aryl methyl sites for hydroxylation is 1. The molecule has 0 unspecified atom stereocenters. The molecule has 2 N–H and O–H groups in total. The van der Waals surface area contributed by atoms with Gasteiger partial charge < -0.3 is 19.8 Å². The smallest absolute Gasteiger partial charge is 0.255 e. The van der Waals surface area contributed by atoms with Crippen LogP contribution in [0.1, 0.15) is 76.7 Å². The number of fused-ring (bicyclic) bond motifs is 2. The zero-order valence-corrected chi connectivity index (χ0v) is 31.3. The summed E-state index contributed by atoms with van der Waals surface area (Å²) in [4.78, 5) is 50.7. The zero-order valence-electron chi connectivity index (χ0n) is 31.3. The normalized spacial score (nSPS) is 21.1. The van der Waals surface area contributed by atoms with E-state index in [1.165, 1.54) is 51.9 Å². The maximum atomic E-state index is 13.2. The van der Waals surface area contributed by atoms with Gasteiger partial charge in [-0.2, -0.15) is 0 Å². The number of allylic oxidation sites excluding steroid dienone is 1. The van der Waals surface area contributed by atoms with Crippen LogP contribution in [0, 0.1) is 5.92 Å². The number of carbonyl (C=O) groups excluding carboxylic acids is 3. The Balaban J connectivity index is 0.798. The molecule has 9 rings (SSSR count). The Morgan fingerprint density at radius 2 is 1.42 bits per heavy atom. The van der Waals surface area contributed by atoms with E-state index in [1.54, 1.807) is 4.90 Å². The summed E-state index contributed by atoms with van der Waals surface area (Å²) in [6.07, 6.45) is 9.69. The summed E-state index contributed by atoms with van der Waals surface area (Å²) >= 11 is 0. The van der Waals surface area contributed by atoms with Crippen molar-refractivity contribution in [3.63, 3.8) is 0 Å². The van der Waals surface area contributed by atoms with Crippen LogP contribution in [0.2, 0.25) is 0 Å². The summed E-state index contributed by atoms with van der Waals surface area (Å²) in [6, 6.07) is 24.7. The number of anilines is 2. The fourth-order valence-electron chi connectivity index (χ4n) is 9.47. The van der Waals surface area contributed by atoms with Crippen LogP contribution in [-0.2, 0) is 22.6 Å². The van der Waals surface area contributed by atoms with E-state index in [9.17, 15) is 19.5 Å². The molecule has 1 atom stereocenters.